The van der Waals surface area contributed by atoms with Crippen molar-refractivity contribution in [3.05, 3.63) is 65.0 Å². The highest BCUT2D eigenvalue weighted by Crippen LogP contribution is 2.26. The van der Waals surface area contributed by atoms with Gasteiger partial charge in [-0.15, -0.1) is 11.3 Å². The van der Waals surface area contributed by atoms with Gasteiger partial charge in [0.2, 0.25) is 5.78 Å². The van der Waals surface area contributed by atoms with Crippen LogP contribution in [0.5, 0.6) is 0 Å². The molecule has 0 bridgehead atoms. The summed E-state index contributed by atoms with van der Waals surface area (Å²) in [5.74, 6) is -0.621. The van der Waals surface area contributed by atoms with Crippen molar-refractivity contribution in [3.63, 3.8) is 0 Å². The van der Waals surface area contributed by atoms with Gasteiger partial charge in [0.15, 0.2) is 0 Å². The Labute approximate surface area is 107 Å². The summed E-state index contributed by atoms with van der Waals surface area (Å²) in [6.07, 6.45) is 1.06. The molecule has 0 N–H and O–H groups in total. The highest BCUT2D eigenvalue weighted by molar-refractivity contribution is 7.17. The molecule has 4 heteroatoms. The molecule has 1 aromatic carbocycles. The molecule has 0 radical (unpaired) electrons. The van der Waals surface area contributed by atoms with Crippen molar-refractivity contribution in [1.82, 2.24) is 4.98 Å². The number of carbonyl (C=O) groups is 1. The number of pyridine rings is 1. The third-order valence-electron chi connectivity index (χ3n) is 2.68. The zero-order chi connectivity index (χ0) is 12.5. The SMILES string of the molecule is O=C(c1ccc(F)cn1)c1cccc2ccsc12. The molecule has 0 aliphatic heterocycles. The molecule has 0 saturated carbocycles. The topological polar surface area (TPSA) is 30.0 Å². The molecule has 0 spiro atoms. The van der Waals surface area contributed by atoms with E-state index in [1.807, 2.05) is 23.6 Å². The smallest absolute Gasteiger partial charge is 0.212 e. The second kappa shape index (κ2) is 4.31. The van der Waals surface area contributed by atoms with Gasteiger partial charge in [-0.3, -0.25) is 4.79 Å². The highest BCUT2D eigenvalue weighted by atomic mass is 32.1. The molecule has 0 atom stereocenters. The number of ketones is 1. The van der Waals surface area contributed by atoms with Crippen LogP contribution in [0.4, 0.5) is 4.39 Å². The minimum absolute atomic E-state index is 0.178. The van der Waals surface area contributed by atoms with E-state index in [4.69, 9.17) is 0 Å². The Morgan fingerprint density at radius 3 is 2.83 bits per heavy atom. The highest BCUT2D eigenvalue weighted by Gasteiger charge is 2.14. The summed E-state index contributed by atoms with van der Waals surface area (Å²) < 4.78 is 13.7. The first-order valence-corrected chi connectivity index (χ1v) is 6.26. The summed E-state index contributed by atoms with van der Waals surface area (Å²) >= 11 is 1.52. The molecule has 0 aliphatic carbocycles. The molecule has 88 valence electrons. The molecule has 0 amide bonds. The second-order valence-electron chi connectivity index (χ2n) is 3.84. The van der Waals surface area contributed by atoms with Gasteiger partial charge in [0.25, 0.3) is 0 Å². The Balaban J connectivity index is 2.12. The van der Waals surface area contributed by atoms with Crippen LogP contribution in [-0.2, 0) is 0 Å². The molecule has 0 unspecified atom stereocenters. The predicted octanol–water partition coefficient (Wildman–Crippen LogP) is 3.67. The predicted molar refractivity (Wildman–Crippen MR) is 69.5 cm³/mol. The molecule has 2 heterocycles. The first kappa shape index (κ1) is 11.0. The zero-order valence-corrected chi connectivity index (χ0v) is 10.1. The lowest BCUT2D eigenvalue weighted by Gasteiger charge is -2.01. The molecule has 3 aromatic rings. The maximum Gasteiger partial charge on any atom is 0.212 e. The van der Waals surface area contributed by atoms with Crippen LogP contribution in [0.3, 0.4) is 0 Å². The van der Waals surface area contributed by atoms with Gasteiger partial charge in [-0.25, -0.2) is 9.37 Å². The van der Waals surface area contributed by atoms with Gasteiger partial charge >= 0.3 is 0 Å². The van der Waals surface area contributed by atoms with E-state index in [-0.39, 0.29) is 11.5 Å². The number of fused-ring (bicyclic) bond motifs is 1. The van der Waals surface area contributed by atoms with E-state index in [2.05, 4.69) is 4.98 Å². The minimum atomic E-state index is -0.444. The largest absolute Gasteiger partial charge is 0.287 e. The van der Waals surface area contributed by atoms with Crippen molar-refractivity contribution in [2.24, 2.45) is 0 Å². The first-order valence-electron chi connectivity index (χ1n) is 5.38. The summed E-state index contributed by atoms with van der Waals surface area (Å²) in [4.78, 5) is 16.1. The average molecular weight is 257 g/mol. The lowest BCUT2D eigenvalue weighted by Crippen LogP contribution is -2.04. The van der Waals surface area contributed by atoms with Crippen LogP contribution >= 0.6 is 11.3 Å². The lowest BCUT2D eigenvalue weighted by molar-refractivity contribution is 0.103. The normalized spacial score (nSPS) is 10.7. The monoisotopic (exact) mass is 257 g/mol. The summed E-state index contributed by atoms with van der Waals surface area (Å²) in [6, 6.07) is 10.2. The van der Waals surface area contributed by atoms with Crippen LogP contribution in [0.1, 0.15) is 16.1 Å². The van der Waals surface area contributed by atoms with E-state index in [1.165, 1.54) is 23.5 Å². The van der Waals surface area contributed by atoms with Gasteiger partial charge in [-0.2, -0.15) is 0 Å². The molecule has 0 aliphatic rings. The van der Waals surface area contributed by atoms with Gasteiger partial charge in [0, 0.05) is 10.3 Å². The molecule has 0 fully saturated rings. The lowest BCUT2D eigenvalue weighted by atomic mass is 10.1. The van der Waals surface area contributed by atoms with Crippen LogP contribution < -0.4 is 0 Å². The summed E-state index contributed by atoms with van der Waals surface area (Å²) in [5, 5.41) is 2.98. The standard InChI is InChI=1S/C14H8FNOS/c15-10-4-5-12(16-8-10)13(17)11-3-1-2-9-6-7-18-14(9)11/h1-8H. The number of rotatable bonds is 2. The Hall–Kier alpha value is -2.07. The quantitative estimate of drug-likeness (QED) is 0.656. The van der Waals surface area contributed by atoms with E-state index in [0.29, 0.717) is 5.56 Å². The van der Waals surface area contributed by atoms with Crippen LogP contribution in [0.2, 0.25) is 0 Å². The Morgan fingerprint density at radius 2 is 2.06 bits per heavy atom. The number of thiophene rings is 1. The summed E-state index contributed by atoms with van der Waals surface area (Å²) in [5.41, 5.74) is 0.874. The molecule has 2 nitrogen and oxygen atoms in total. The number of halogens is 1. The van der Waals surface area contributed by atoms with Crippen LogP contribution in [-0.4, -0.2) is 10.8 Å². The average Bonchev–Trinajstić information content (AvgIpc) is 2.87. The maximum absolute atomic E-state index is 12.8. The Bertz CT molecular complexity index is 718. The fraction of sp³-hybridized carbons (Fsp3) is 0. The van der Waals surface area contributed by atoms with Crippen molar-refractivity contribution in [1.29, 1.82) is 0 Å². The van der Waals surface area contributed by atoms with Gasteiger partial charge < -0.3 is 0 Å². The van der Waals surface area contributed by atoms with Gasteiger partial charge in [-0.05, 0) is 35.0 Å². The third kappa shape index (κ3) is 1.80. The maximum atomic E-state index is 12.8. The van der Waals surface area contributed by atoms with E-state index < -0.39 is 5.82 Å². The zero-order valence-electron chi connectivity index (χ0n) is 9.26. The van der Waals surface area contributed by atoms with Crippen LogP contribution in [0.25, 0.3) is 10.1 Å². The molecule has 2 aromatic heterocycles. The van der Waals surface area contributed by atoms with E-state index in [0.717, 1.165) is 16.3 Å². The van der Waals surface area contributed by atoms with Crippen molar-refractivity contribution >= 4 is 27.2 Å². The van der Waals surface area contributed by atoms with Crippen molar-refractivity contribution in [2.75, 3.05) is 0 Å². The summed E-state index contributed by atoms with van der Waals surface area (Å²) in [6.45, 7) is 0. The van der Waals surface area contributed by atoms with E-state index in [1.54, 1.807) is 6.07 Å². The van der Waals surface area contributed by atoms with Gasteiger partial charge in [0.1, 0.15) is 11.5 Å². The molecule has 0 saturated heterocycles. The van der Waals surface area contributed by atoms with Crippen LogP contribution in [0.15, 0.2) is 48.0 Å². The minimum Gasteiger partial charge on any atom is -0.287 e. The van der Waals surface area contributed by atoms with Gasteiger partial charge in [0.05, 0.1) is 6.20 Å². The fourth-order valence-electron chi connectivity index (χ4n) is 1.82. The van der Waals surface area contributed by atoms with Gasteiger partial charge in [-0.1, -0.05) is 12.1 Å². The molecular formula is C14H8FNOS. The van der Waals surface area contributed by atoms with Crippen molar-refractivity contribution in [2.45, 2.75) is 0 Å². The Morgan fingerprint density at radius 1 is 1.17 bits per heavy atom. The van der Waals surface area contributed by atoms with Crippen LogP contribution in [0, 0.1) is 5.82 Å². The van der Waals surface area contributed by atoms with Crippen molar-refractivity contribution < 1.29 is 9.18 Å². The fourth-order valence-corrected chi connectivity index (χ4v) is 2.73. The number of nitrogens with zero attached hydrogens (tertiary/aromatic N) is 1. The number of benzene rings is 1. The summed E-state index contributed by atoms with van der Waals surface area (Å²) in [7, 11) is 0. The number of hydrogen-bond donors (Lipinski definition) is 0. The van der Waals surface area contributed by atoms with Crippen molar-refractivity contribution in [3.8, 4) is 0 Å². The van der Waals surface area contributed by atoms with E-state index >= 15 is 0 Å². The molecular weight excluding hydrogens is 249 g/mol. The third-order valence-corrected chi connectivity index (χ3v) is 3.65. The number of aromatic nitrogens is 1. The number of carbonyl (C=O) groups excluding carboxylic acids is 1. The molecule has 18 heavy (non-hydrogen) atoms. The molecule has 3 rings (SSSR count). The second-order valence-corrected chi connectivity index (χ2v) is 4.75. The van der Waals surface area contributed by atoms with E-state index in [9.17, 15) is 9.18 Å². The number of hydrogen-bond acceptors (Lipinski definition) is 3. The Kier molecular flexibility index (Phi) is 2.64. The first-order chi connectivity index (χ1) is 8.75.